The van der Waals surface area contributed by atoms with Crippen molar-refractivity contribution in [2.75, 3.05) is 35.7 Å². The number of hydrogen-bond acceptors (Lipinski definition) is 3. The third-order valence-corrected chi connectivity index (χ3v) is 3.97. The van der Waals surface area contributed by atoms with Gasteiger partial charge in [-0.3, -0.25) is 4.79 Å². The Balaban J connectivity index is 2.03. The van der Waals surface area contributed by atoms with Gasteiger partial charge in [-0.2, -0.15) is 0 Å². The number of carbonyl (C=O) groups is 1. The molecule has 0 saturated heterocycles. The summed E-state index contributed by atoms with van der Waals surface area (Å²) in [5.41, 5.74) is 8.76. The van der Waals surface area contributed by atoms with Gasteiger partial charge in [0.1, 0.15) is 0 Å². The Morgan fingerprint density at radius 3 is 2.62 bits per heavy atom. The van der Waals surface area contributed by atoms with Gasteiger partial charge in [-0.25, -0.2) is 0 Å². The molecule has 2 aromatic carbocycles. The highest BCUT2D eigenvalue weighted by Gasteiger charge is 2.26. The first-order valence-electron chi connectivity index (χ1n) is 6.75. The van der Waals surface area contributed by atoms with Gasteiger partial charge in [-0.1, -0.05) is 23.7 Å². The lowest BCUT2D eigenvalue weighted by molar-refractivity contribution is 0.0987. The summed E-state index contributed by atoms with van der Waals surface area (Å²) in [7, 11) is 2.02. The highest BCUT2D eigenvalue weighted by atomic mass is 35.5. The number of carbonyl (C=O) groups excluding carboxylic acids is 1. The molecule has 0 fully saturated rings. The number of hydrogen-bond donors (Lipinski definition) is 1. The van der Waals surface area contributed by atoms with Crippen molar-refractivity contribution in [2.24, 2.45) is 0 Å². The number of rotatable bonds is 1. The van der Waals surface area contributed by atoms with Gasteiger partial charge < -0.3 is 15.5 Å². The molecule has 1 amide bonds. The molecule has 0 bridgehead atoms. The molecule has 0 spiro atoms. The molecular weight excluding hydrogens is 286 g/mol. The second-order valence-corrected chi connectivity index (χ2v) is 5.54. The Kier molecular flexibility index (Phi) is 3.47. The quantitative estimate of drug-likeness (QED) is 0.824. The second kappa shape index (κ2) is 5.30. The third kappa shape index (κ3) is 2.43. The molecule has 2 N–H and O–H groups in total. The van der Waals surface area contributed by atoms with Gasteiger partial charge in [-0.15, -0.1) is 0 Å². The van der Waals surface area contributed by atoms with Crippen LogP contribution in [-0.2, 0) is 0 Å². The molecule has 1 aliphatic heterocycles. The fraction of sp³-hybridized carbons (Fsp3) is 0.188. The number of amides is 1. The van der Waals surface area contributed by atoms with Gasteiger partial charge in [0.15, 0.2) is 0 Å². The predicted molar refractivity (Wildman–Crippen MR) is 87.3 cm³/mol. The van der Waals surface area contributed by atoms with Crippen LogP contribution < -0.4 is 15.5 Å². The summed E-state index contributed by atoms with van der Waals surface area (Å²) in [5.74, 6) is -0.115. The van der Waals surface area contributed by atoms with Gasteiger partial charge in [0, 0.05) is 30.8 Å². The van der Waals surface area contributed by atoms with Crippen molar-refractivity contribution < 1.29 is 4.79 Å². The number of nitrogens with two attached hydrogens (primary N) is 1. The number of likely N-dealkylation sites (N-methyl/N-ethyl adjacent to an activating group) is 1. The molecule has 0 atom stereocenters. The Morgan fingerprint density at radius 2 is 1.86 bits per heavy atom. The zero-order valence-electron chi connectivity index (χ0n) is 11.7. The van der Waals surface area contributed by atoms with Crippen LogP contribution in [0.2, 0.25) is 5.02 Å². The maximum Gasteiger partial charge on any atom is 0.260 e. The van der Waals surface area contributed by atoms with Crippen LogP contribution in [0.1, 0.15) is 10.4 Å². The normalized spacial score (nSPS) is 14.0. The second-order valence-electron chi connectivity index (χ2n) is 5.10. The summed E-state index contributed by atoms with van der Waals surface area (Å²) in [5, 5.41) is 0.509. The van der Waals surface area contributed by atoms with Crippen molar-refractivity contribution in [3.63, 3.8) is 0 Å². The smallest absolute Gasteiger partial charge is 0.260 e. The number of benzene rings is 2. The van der Waals surface area contributed by atoms with Crippen molar-refractivity contribution in [2.45, 2.75) is 0 Å². The summed E-state index contributed by atoms with van der Waals surface area (Å²) in [4.78, 5) is 16.7. The summed E-state index contributed by atoms with van der Waals surface area (Å²) in [6.45, 7) is 1.40. The minimum Gasteiger partial charge on any atom is -0.398 e. The fourth-order valence-corrected chi connectivity index (χ4v) is 2.75. The molecule has 5 heteroatoms. The van der Waals surface area contributed by atoms with E-state index in [-0.39, 0.29) is 5.91 Å². The van der Waals surface area contributed by atoms with E-state index < -0.39 is 0 Å². The molecule has 0 aromatic heterocycles. The molecule has 2 aromatic rings. The van der Waals surface area contributed by atoms with E-state index in [1.54, 1.807) is 23.1 Å². The number of fused-ring (bicyclic) bond motifs is 1. The van der Waals surface area contributed by atoms with Crippen LogP contribution in [0.15, 0.2) is 42.5 Å². The first kappa shape index (κ1) is 13.8. The van der Waals surface area contributed by atoms with Crippen LogP contribution in [0.4, 0.5) is 17.1 Å². The lowest BCUT2D eigenvalue weighted by atomic mass is 10.1. The van der Waals surface area contributed by atoms with Crippen molar-refractivity contribution in [1.29, 1.82) is 0 Å². The number of nitrogens with zero attached hydrogens (tertiary/aromatic N) is 2. The standard InChI is InChI=1S/C16H16ClN3O/c1-19-8-9-20(15-5-3-2-4-14(15)19)16(21)12-10-11(17)6-7-13(12)18/h2-7,10H,8-9,18H2,1H3. The van der Waals surface area contributed by atoms with E-state index in [0.717, 1.165) is 17.9 Å². The zero-order valence-corrected chi connectivity index (χ0v) is 12.5. The van der Waals surface area contributed by atoms with E-state index in [0.29, 0.717) is 22.8 Å². The Hall–Kier alpha value is -2.20. The minimum atomic E-state index is -0.115. The maximum absolute atomic E-state index is 12.8. The van der Waals surface area contributed by atoms with Crippen molar-refractivity contribution >= 4 is 34.6 Å². The molecule has 21 heavy (non-hydrogen) atoms. The Morgan fingerprint density at radius 1 is 1.14 bits per heavy atom. The molecule has 0 unspecified atom stereocenters. The lowest BCUT2D eigenvalue weighted by Gasteiger charge is -2.35. The fourth-order valence-electron chi connectivity index (χ4n) is 2.58. The third-order valence-electron chi connectivity index (χ3n) is 3.73. The molecule has 0 saturated carbocycles. The van der Waals surface area contributed by atoms with E-state index in [1.807, 2.05) is 31.3 Å². The van der Waals surface area contributed by atoms with Gasteiger partial charge in [0.25, 0.3) is 5.91 Å². The van der Waals surface area contributed by atoms with Crippen LogP contribution >= 0.6 is 11.6 Å². The van der Waals surface area contributed by atoms with E-state index >= 15 is 0 Å². The van der Waals surface area contributed by atoms with Crippen LogP contribution in [0.25, 0.3) is 0 Å². The Labute approximate surface area is 128 Å². The molecule has 108 valence electrons. The number of halogens is 1. The lowest BCUT2D eigenvalue weighted by Crippen LogP contribution is -2.42. The number of anilines is 3. The molecule has 3 rings (SSSR count). The van der Waals surface area contributed by atoms with Gasteiger partial charge in [-0.05, 0) is 30.3 Å². The van der Waals surface area contributed by atoms with E-state index in [9.17, 15) is 4.79 Å². The van der Waals surface area contributed by atoms with Crippen LogP contribution in [0.3, 0.4) is 0 Å². The molecular formula is C16H16ClN3O. The van der Waals surface area contributed by atoms with E-state index in [4.69, 9.17) is 17.3 Å². The van der Waals surface area contributed by atoms with E-state index in [2.05, 4.69) is 4.90 Å². The molecule has 4 nitrogen and oxygen atoms in total. The van der Waals surface area contributed by atoms with Crippen LogP contribution in [-0.4, -0.2) is 26.0 Å². The highest BCUT2D eigenvalue weighted by Crippen LogP contribution is 2.33. The average molecular weight is 302 g/mol. The number of para-hydroxylation sites is 2. The van der Waals surface area contributed by atoms with E-state index in [1.165, 1.54) is 0 Å². The summed E-state index contributed by atoms with van der Waals surface area (Å²) >= 11 is 5.99. The van der Waals surface area contributed by atoms with Gasteiger partial charge >= 0.3 is 0 Å². The monoisotopic (exact) mass is 301 g/mol. The van der Waals surface area contributed by atoms with Crippen molar-refractivity contribution in [1.82, 2.24) is 0 Å². The molecule has 1 aliphatic rings. The van der Waals surface area contributed by atoms with Crippen LogP contribution in [0.5, 0.6) is 0 Å². The molecule has 1 heterocycles. The van der Waals surface area contributed by atoms with Crippen molar-refractivity contribution in [3.8, 4) is 0 Å². The average Bonchev–Trinajstić information content (AvgIpc) is 2.50. The largest absolute Gasteiger partial charge is 0.398 e. The van der Waals surface area contributed by atoms with Crippen molar-refractivity contribution in [3.05, 3.63) is 53.1 Å². The SMILES string of the molecule is CN1CCN(C(=O)c2cc(Cl)ccc2N)c2ccccc21. The van der Waals surface area contributed by atoms with Gasteiger partial charge in [0.05, 0.1) is 16.9 Å². The summed E-state index contributed by atoms with van der Waals surface area (Å²) in [6, 6.07) is 12.8. The highest BCUT2D eigenvalue weighted by molar-refractivity contribution is 6.31. The number of nitrogen functional groups attached to an aromatic ring is 1. The summed E-state index contributed by atoms with van der Waals surface area (Å²) < 4.78 is 0. The minimum absolute atomic E-state index is 0.115. The zero-order chi connectivity index (χ0) is 15.0. The Bertz CT molecular complexity index is 702. The first-order chi connectivity index (χ1) is 10.1. The maximum atomic E-state index is 12.8. The van der Waals surface area contributed by atoms with Crippen LogP contribution in [0, 0.1) is 0 Å². The summed E-state index contributed by atoms with van der Waals surface area (Å²) in [6.07, 6.45) is 0. The molecule has 0 aliphatic carbocycles. The first-order valence-corrected chi connectivity index (χ1v) is 7.13. The molecule has 0 radical (unpaired) electrons. The predicted octanol–water partition coefficient (Wildman–Crippen LogP) is 3.02. The topological polar surface area (TPSA) is 49.6 Å². The van der Waals surface area contributed by atoms with Gasteiger partial charge in [0.2, 0.25) is 0 Å².